The van der Waals surface area contributed by atoms with Gasteiger partial charge >= 0.3 is 5.97 Å². The van der Waals surface area contributed by atoms with Gasteiger partial charge in [0.1, 0.15) is 4.88 Å². The summed E-state index contributed by atoms with van der Waals surface area (Å²) in [5.74, 6) is -0.117. The summed E-state index contributed by atoms with van der Waals surface area (Å²) >= 11 is 2.70. The molecule has 0 aliphatic rings. The zero-order chi connectivity index (χ0) is 11.3. The van der Waals surface area contributed by atoms with Crippen LogP contribution in [0.1, 0.15) is 28.2 Å². The van der Waals surface area contributed by atoms with E-state index in [1.54, 1.807) is 6.92 Å². The minimum absolute atomic E-state index is 0.304. The molecule has 4 nitrogen and oxygen atoms in total. The number of carbonyl (C=O) groups is 1. The van der Waals surface area contributed by atoms with E-state index in [9.17, 15) is 4.79 Å². The fourth-order valence-corrected chi connectivity index (χ4v) is 2.98. The molecule has 1 heterocycles. The van der Waals surface area contributed by atoms with Crippen LogP contribution in [0.5, 0.6) is 0 Å². The molecule has 0 fully saturated rings. The van der Waals surface area contributed by atoms with Crippen molar-refractivity contribution in [2.24, 2.45) is 0 Å². The van der Waals surface area contributed by atoms with Gasteiger partial charge in [-0.3, -0.25) is 0 Å². The zero-order valence-electron chi connectivity index (χ0n) is 8.19. The van der Waals surface area contributed by atoms with Crippen LogP contribution in [0.15, 0.2) is 4.34 Å². The van der Waals surface area contributed by atoms with E-state index in [2.05, 4.69) is 11.1 Å². The highest BCUT2D eigenvalue weighted by molar-refractivity contribution is 8.01. The van der Waals surface area contributed by atoms with Crippen molar-refractivity contribution in [3.05, 3.63) is 10.6 Å². The van der Waals surface area contributed by atoms with Crippen molar-refractivity contribution in [1.29, 1.82) is 5.26 Å². The number of aromatic nitrogens is 1. The maximum absolute atomic E-state index is 10.7. The van der Waals surface area contributed by atoms with Gasteiger partial charge in [0.2, 0.25) is 0 Å². The lowest BCUT2D eigenvalue weighted by Crippen LogP contribution is -1.94. The molecule has 0 amide bonds. The van der Waals surface area contributed by atoms with E-state index < -0.39 is 5.97 Å². The number of thiazole rings is 1. The molecule has 0 radical (unpaired) electrons. The maximum atomic E-state index is 10.7. The Labute approximate surface area is 96.0 Å². The first-order valence-corrected chi connectivity index (χ1v) is 6.16. The second-order valence-corrected chi connectivity index (χ2v) is 5.15. The number of hydrogen-bond acceptors (Lipinski definition) is 5. The monoisotopic (exact) mass is 242 g/mol. The van der Waals surface area contributed by atoms with Crippen molar-refractivity contribution >= 4 is 29.1 Å². The Morgan fingerprint density at radius 2 is 2.47 bits per heavy atom. The van der Waals surface area contributed by atoms with Gasteiger partial charge in [-0.15, -0.1) is 11.3 Å². The summed E-state index contributed by atoms with van der Waals surface area (Å²) in [6.07, 6.45) is 1.34. The average Bonchev–Trinajstić information content (AvgIpc) is 2.55. The van der Waals surface area contributed by atoms with Gasteiger partial charge in [-0.1, -0.05) is 11.8 Å². The molecular formula is C9H10N2O2S2. The van der Waals surface area contributed by atoms with Crippen LogP contribution in [0.3, 0.4) is 0 Å². The predicted octanol–water partition coefficient (Wildman–Crippen LogP) is 2.55. The Morgan fingerprint density at radius 1 is 1.73 bits per heavy atom. The minimum atomic E-state index is -0.922. The molecule has 0 saturated heterocycles. The van der Waals surface area contributed by atoms with E-state index in [1.807, 2.05) is 0 Å². The van der Waals surface area contributed by atoms with E-state index in [0.717, 1.165) is 16.5 Å². The van der Waals surface area contributed by atoms with Crippen molar-refractivity contribution in [1.82, 2.24) is 4.98 Å². The summed E-state index contributed by atoms with van der Waals surface area (Å²) in [4.78, 5) is 15.2. The average molecular weight is 242 g/mol. The largest absolute Gasteiger partial charge is 0.477 e. The van der Waals surface area contributed by atoms with Gasteiger partial charge in [0.15, 0.2) is 4.34 Å². The highest BCUT2D eigenvalue weighted by Gasteiger charge is 2.13. The predicted molar refractivity (Wildman–Crippen MR) is 59.4 cm³/mol. The molecule has 1 rings (SSSR count). The van der Waals surface area contributed by atoms with Gasteiger partial charge in [-0.05, 0) is 13.3 Å². The molecule has 0 aliphatic heterocycles. The Kier molecular flexibility index (Phi) is 4.59. The molecule has 0 aliphatic carbocycles. The van der Waals surface area contributed by atoms with Gasteiger partial charge in [-0.25, -0.2) is 9.78 Å². The summed E-state index contributed by atoms with van der Waals surface area (Å²) in [5, 5.41) is 17.1. The van der Waals surface area contributed by atoms with Crippen molar-refractivity contribution in [2.75, 3.05) is 5.75 Å². The van der Waals surface area contributed by atoms with Crippen molar-refractivity contribution < 1.29 is 9.90 Å². The lowest BCUT2D eigenvalue weighted by atomic mass is 10.4. The lowest BCUT2D eigenvalue weighted by molar-refractivity contribution is 0.0701. The molecule has 0 aromatic carbocycles. The fraction of sp³-hybridized carbons (Fsp3) is 0.444. The molecule has 0 saturated carbocycles. The number of thioether (sulfide) groups is 1. The number of aryl methyl sites for hydroxylation is 1. The number of rotatable bonds is 5. The van der Waals surface area contributed by atoms with Crippen LogP contribution in [0.4, 0.5) is 0 Å². The van der Waals surface area contributed by atoms with Crippen LogP contribution in [0.2, 0.25) is 0 Å². The lowest BCUT2D eigenvalue weighted by Gasteiger charge is -1.91. The Bertz CT molecular complexity index is 395. The Morgan fingerprint density at radius 3 is 3.00 bits per heavy atom. The van der Waals surface area contributed by atoms with Crippen molar-refractivity contribution in [3.63, 3.8) is 0 Å². The van der Waals surface area contributed by atoms with Crippen LogP contribution >= 0.6 is 23.1 Å². The number of unbranched alkanes of at least 4 members (excludes halogenated alkanes) is 1. The molecule has 1 aromatic heterocycles. The zero-order valence-corrected chi connectivity index (χ0v) is 9.82. The molecule has 1 N–H and O–H groups in total. The Hall–Kier alpha value is -1.06. The van der Waals surface area contributed by atoms with Gasteiger partial charge < -0.3 is 5.11 Å². The van der Waals surface area contributed by atoms with Crippen molar-refractivity contribution in [3.8, 4) is 6.07 Å². The molecule has 0 bridgehead atoms. The van der Waals surface area contributed by atoms with Crippen LogP contribution < -0.4 is 0 Å². The fourth-order valence-electron chi connectivity index (χ4n) is 0.943. The highest BCUT2D eigenvalue weighted by atomic mass is 32.2. The molecule has 80 valence electrons. The number of carboxylic acids is 1. The maximum Gasteiger partial charge on any atom is 0.347 e. The first-order chi connectivity index (χ1) is 7.15. The molecule has 0 atom stereocenters. The summed E-state index contributed by atoms with van der Waals surface area (Å²) in [6.45, 7) is 1.69. The summed E-state index contributed by atoms with van der Waals surface area (Å²) in [5.41, 5.74) is 0.565. The van der Waals surface area contributed by atoms with Gasteiger partial charge in [-0.2, -0.15) is 5.26 Å². The van der Waals surface area contributed by atoms with Crippen LogP contribution in [0.25, 0.3) is 0 Å². The topological polar surface area (TPSA) is 74.0 Å². The van der Waals surface area contributed by atoms with E-state index >= 15 is 0 Å². The summed E-state index contributed by atoms with van der Waals surface area (Å²) < 4.78 is 0.767. The van der Waals surface area contributed by atoms with E-state index in [4.69, 9.17) is 10.4 Å². The second-order valence-electron chi connectivity index (χ2n) is 2.81. The van der Waals surface area contributed by atoms with Gasteiger partial charge in [0, 0.05) is 12.2 Å². The van der Waals surface area contributed by atoms with Gasteiger partial charge in [0.05, 0.1) is 11.8 Å². The van der Waals surface area contributed by atoms with E-state index in [0.29, 0.717) is 17.0 Å². The third-order valence-corrected chi connectivity index (χ3v) is 4.00. The number of nitriles is 1. The van der Waals surface area contributed by atoms with E-state index in [-0.39, 0.29) is 0 Å². The third-order valence-electron chi connectivity index (χ3n) is 1.63. The number of nitrogens with zero attached hydrogens (tertiary/aromatic N) is 2. The number of carboxylic acid groups (broad SMARTS) is 1. The normalized spacial score (nSPS) is 9.87. The summed E-state index contributed by atoms with van der Waals surface area (Å²) in [6, 6.07) is 2.06. The smallest absolute Gasteiger partial charge is 0.347 e. The van der Waals surface area contributed by atoms with Crippen LogP contribution in [0, 0.1) is 18.3 Å². The van der Waals surface area contributed by atoms with E-state index in [1.165, 1.54) is 23.1 Å². The summed E-state index contributed by atoms with van der Waals surface area (Å²) in [7, 11) is 0. The first-order valence-electron chi connectivity index (χ1n) is 4.35. The highest BCUT2D eigenvalue weighted by Crippen LogP contribution is 2.27. The number of aromatic carboxylic acids is 1. The molecule has 0 spiro atoms. The first kappa shape index (κ1) is 12.0. The minimum Gasteiger partial charge on any atom is -0.477 e. The molecule has 6 heteroatoms. The standard InChI is InChI=1S/C9H10N2O2S2/c1-6-7(8(12)13)15-9(11-6)14-5-3-2-4-10/h2-3,5H2,1H3,(H,12,13). The quantitative estimate of drug-likeness (QED) is 0.634. The number of hydrogen-bond donors (Lipinski definition) is 1. The van der Waals surface area contributed by atoms with Gasteiger partial charge in [0.25, 0.3) is 0 Å². The second kappa shape index (κ2) is 5.73. The molecule has 0 unspecified atom stereocenters. The molecular weight excluding hydrogens is 232 g/mol. The molecule has 1 aromatic rings. The Balaban J connectivity index is 2.53. The SMILES string of the molecule is Cc1nc(SCCCC#N)sc1C(=O)O. The van der Waals surface area contributed by atoms with Crippen LogP contribution in [-0.2, 0) is 0 Å². The van der Waals surface area contributed by atoms with Crippen molar-refractivity contribution in [2.45, 2.75) is 24.1 Å². The third kappa shape index (κ3) is 3.53. The molecule has 15 heavy (non-hydrogen) atoms. The van der Waals surface area contributed by atoms with Crippen LogP contribution in [-0.4, -0.2) is 21.8 Å².